The number of halogens is 2. The second-order valence-electron chi connectivity index (χ2n) is 10.0. The fourth-order valence-corrected chi connectivity index (χ4v) is 6.48. The van der Waals surface area contributed by atoms with E-state index in [4.69, 9.17) is 23.2 Å². The molecule has 0 bridgehead atoms. The Hall–Kier alpha value is -3.85. The van der Waals surface area contributed by atoms with Crippen LogP contribution in [0.1, 0.15) is 23.6 Å². The number of rotatable bonds is 12. The zero-order valence-electron chi connectivity index (χ0n) is 23.9. The van der Waals surface area contributed by atoms with Gasteiger partial charge in [0.25, 0.3) is 10.0 Å². The molecule has 0 spiro atoms. The largest absolute Gasteiger partial charge is 0.355 e. The van der Waals surface area contributed by atoms with Gasteiger partial charge in [-0.15, -0.1) is 0 Å². The maximum Gasteiger partial charge on any atom is 0.264 e. The average molecular weight is 639 g/mol. The minimum atomic E-state index is -4.20. The number of amides is 2. The third-order valence-corrected chi connectivity index (χ3v) is 9.35. The summed E-state index contributed by atoms with van der Waals surface area (Å²) in [5.41, 5.74) is 2.53. The number of hydrogen-bond donors (Lipinski definition) is 1. The van der Waals surface area contributed by atoms with Gasteiger partial charge < -0.3 is 10.2 Å². The first-order valence-electron chi connectivity index (χ1n) is 13.8. The molecular weight excluding hydrogens is 605 g/mol. The summed E-state index contributed by atoms with van der Waals surface area (Å²) in [5.74, 6) is -0.916. The molecule has 0 aliphatic carbocycles. The molecule has 0 saturated heterocycles. The minimum absolute atomic E-state index is 0.0189. The number of aryl methyl sites for hydroxylation is 1. The van der Waals surface area contributed by atoms with Gasteiger partial charge in [-0.05, 0) is 66.9 Å². The van der Waals surface area contributed by atoms with Crippen molar-refractivity contribution in [2.45, 2.75) is 37.8 Å². The van der Waals surface area contributed by atoms with Gasteiger partial charge in [0.1, 0.15) is 12.6 Å². The maximum absolute atomic E-state index is 14.4. The van der Waals surface area contributed by atoms with Gasteiger partial charge in [0.05, 0.1) is 10.6 Å². The van der Waals surface area contributed by atoms with Crippen molar-refractivity contribution >= 4 is 50.7 Å². The highest BCUT2D eigenvalue weighted by molar-refractivity contribution is 7.92. The predicted octanol–water partition coefficient (Wildman–Crippen LogP) is 6.27. The Kier molecular flexibility index (Phi) is 10.9. The normalized spacial score (nSPS) is 11.9. The van der Waals surface area contributed by atoms with E-state index in [-0.39, 0.29) is 29.5 Å². The van der Waals surface area contributed by atoms with Crippen molar-refractivity contribution in [3.63, 3.8) is 0 Å². The van der Waals surface area contributed by atoms with Gasteiger partial charge in [-0.2, -0.15) is 0 Å². The molecule has 1 atom stereocenters. The van der Waals surface area contributed by atoms with Crippen LogP contribution in [0.15, 0.2) is 108 Å². The molecule has 10 heteroatoms. The molecule has 2 amide bonds. The Balaban J connectivity index is 1.81. The molecule has 0 fully saturated rings. The molecule has 4 rings (SSSR count). The van der Waals surface area contributed by atoms with Gasteiger partial charge in [0.2, 0.25) is 11.8 Å². The third kappa shape index (κ3) is 8.16. The summed E-state index contributed by atoms with van der Waals surface area (Å²) in [4.78, 5) is 29.3. The van der Waals surface area contributed by atoms with Crippen molar-refractivity contribution in [2.75, 3.05) is 17.4 Å². The molecule has 7 nitrogen and oxygen atoms in total. The Morgan fingerprint density at radius 1 is 0.837 bits per heavy atom. The van der Waals surface area contributed by atoms with E-state index in [0.717, 1.165) is 15.4 Å². The van der Waals surface area contributed by atoms with E-state index in [2.05, 4.69) is 5.32 Å². The molecule has 43 heavy (non-hydrogen) atoms. The van der Waals surface area contributed by atoms with Gasteiger partial charge in [-0.3, -0.25) is 13.9 Å². The molecule has 0 saturated carbocycles. The Labute approximate surface area is 263 Å². The van der Waals surface area contributed by atoms with E-state index in [1.54, 1.807) is 62.4 Å². The van der Waals surface area contributed by atoms with E-state index < -0.39 is 28.5 Å². The quantitative estimate of drug-likeness (QED) is 0.198. The van der Waals surface area contributed by atoms with E-state index in [0.29, 0.717) is 22.2 Å². The fraction of sp³-hybridized carbons (Fsp3) is 0.212. The van der Waals surface area contributed by atoms with Crippen molar-refractivity contribution in [1.82, 2.24) is 10.2 Å². The summed E-state index contributed by atoms with van der Waals surface area (Å²) in [7, 11) is -4.20. The van der Waals surface area contributed by atoms with Crippen LogP contribution in [0.5, 0.6) is 0 Å². The first-order valence-corrected chi connectivity index (χ1v) is 16.0. The van der Waals surface area contributed by atoms with Crippen LogP contribution in [0, 0.1) is 6.92 Å². The van der Waals surface area contributed by atoms with Gasteiger partial charge in [-0.1, -0.05) is 89.9 Å². The molecule has 4 aromatic rings. The number of nitrogens with one attached hydrogen (secondary N) is 1. The lowest BCUT2D eigenvalue weighted by Crippen LogP contribution is -2.53. The van der Waals surface area contributed by atoms with Gasteiger partial charge in [0.15, 0.2) is 0 Å². The minimum Gasteiger partial charge on any atom is -0.355 e. The van der Waals surface area contributed by atoms with Gasteiger partial charge in [-0.25, -0.2) is 8.42 Å². The van der Waals surface area contributed by atoms with Crippen molar-refractivity contribution in [2.24, 2.45) is 0 Å². The predicted molar refractivity (Wildman–Crippen MR) is 172 cm³/mol. The van der Waals surface area contributed by atoms with Gasteiger partial charge in [0, 0.05) is 29.6 Å². The van der Waals surface area contributed by atoms with E-state index >= 15 is 0 Å². The van der Waals surface area contributed by atoms with Crippen LogP contribution in [0.3, 0.4) is 0 Å². The van der Waals surface area contributed by atoms with E-state index in [9.17, 15) is 18.0 Å². The molecule has 0 unspecified atom stereocenters. The number of hydrogen-bond acceptors (Lipinski definition) is 4. The first kappa shape index (κ1) is 32.1. The van der Waals surface area contributed by atoms with Crippen LogP contribution in [-0.4, -0.2) is 44.3 Å². The van der Waals surface area contributed by atoms with Crippen LogP contribution in [0.4, 0.5) is 5.69 Å². The second-order valence-corrected chi connectivity index (χ2v) is 12.7. The van der Waals surface area contributed by atoms with Crippen molar-refractivity contribution in [3.8, 4) is 0 Å². The summed E-state index contributed by atoms with van der Waals surface area (Å²) in [6, 6.07) is 28.2. The van der Waals surface area contributed by atoms with E-state index in [1.807, 2.05) is 36.4 Å². The van der Waals surface area contributed by atoms with Crippen LogP contribution in [0.25, 0.3) is 0 Å². The van der Waals surface area contributed by atoms with Crippen LogP contribution < -0.4 is 9.62 Å². The summed E-state index contributed by atoms with van der Waals surface area (Å²) < 4.78 is 29.0. The number of carbonyl (C=O) groups is 2. The Bertz CT molecular complexity index is 1670. The third-order valence-electron chi connectivity index (χ3n) is 6.92. The summed E-state index contributed by atoms with van der Waals surface area (Å²) in [6.45, 7) is 3.43. The smallest absolute Gasteiger partial charge is 0.264 e. The lowest BCUT2D eigenvalue weighted by molar-refractivity contribution is -0.140. The maximum atomic E-state index is 14.4. The summed E-state index contributed by atoms with van der Waals surface area (Å²) in [6.07, 6.45) is 0.223. The highest BCUT2D eigenvalue weighted by atomic mass is 35.5. The second kappa shape index (κ2) is 14.6. The van der Waals surface area contributed by atoms with E-state index in [1.165, 1.54) is 23.1 Å². The number of carbonyl (C=O) groups excluding carboxylic acids is 2. The fourth-order valence-electron chi connectivity index (χ4n) is 4.66. The zero-order valence-corrected chi connectivity index (χ0v) is 26.2. The molecule has 224 valence electrons. The lowest BCUT2D eigenvalue weighted by atomic mass is 10.0. The van der Waals surface area contributed by atoms with Crippen LogP contribution in [0.2, 0.25) is 10.0 Å². The molecule has 4 aromatic carbocycles. The topological polar surface area (TPSA) is 86.8 Å². The van der Waals surface area contributed by atoms with Crippen LogP contribution >= 0.6 is 23.2 Å². The highest BCUT2D eigenvalue weighted by Crippen LogP contribution is 2.29. The monoisotopic (exact) mass is 637 g/mol. The zero-order chi connectivity index (χ0) is 31.0. The molecule has 1 N–H and O–H groups in total. The number of sulfonamides is 1. The SMILES string of the molecule is CCNC(=O)[C@H](Cc1ccccc1)N(Cc1cccc(Cl)c1)C(=O)CN(c1ccc(C)c(Cl)c1)S(=O)(=O)c1ccccc1. The Morgan fingerprint density at radius 3 is 2.12 bits per heavy atom. The molecular formula is C33H33Cl2N3O4S. The molecule has 0 heterocycles. The molecule has 0 radical (unpaired) electrons. The first-order chi connectivity index (χ1) is 20.6. The Morgan fingerprint density at radius 2 is 1.49 bits per heavy atom. The molecule has 0 aromatic heterocycles. The molecule has 0 aliphatic heterocycles. The number of benzene rings is 4. The standard InChI is InChI=1S/C33H33Cl2N3O4S/c1-3-36-33(40)31(20-25-11-6-4-7-12-25)37(22-26-13-10-14-27(34)19-26)32(39)23-38(28-18-17-24(2)30(35)21-28)43(41,42)29-15-8-5-9-16-29/h4-19,21,31H,3,20,22-23H2,1-2H3,(H,36,40)/t31-/m0/s1. The summed E-state index contributed by atoms with van der Waals surface area (Å²) >= 11 is 12.7. The lowest BCUT2D eigenvalue weighted by Gasteiger charge is -2.34. The van der Waals surface area contributed by atoms with Gasteiger partial charge >= 0.3 is 0 Å². The van der Waals surface area contributed by atoms with Crippen molar-refractivity contribution in [1.29, 1.82) is 0 Å². The average Bonchev–Trinajstić information content (AvgIpc) is 3.00. The van der Waals surface area contributed by atoms with Crippen molar-refractivity contribution in [3.05, 3.63) is 130 Å². The number of nitrogens with zero attached hydrogens (tertiary/aromatic N) is 2. The number of anilines is 1. The summed E-state index contributed by atoms with van der Waals surface area (Å²) in [5, 5.41) is 3.68. The highest BCUT2D eigenvalue weighted by Gasteiger charge is 2.34. The van der Waals surface area contributed by atoms with Crippen LogP contribution in [-0.2, 0) is 32.6 Å². The molecule has 0 aliphatic rings. The number of likely N-dealkylation sites (N-methyl/N-ethyl adjacent to an activating group) is 1. The van der Waals surface area contributed by atoms with Crippen molar-refractivity contribution < 1.29 is 18.0 Å².